The van der Waals surface area contributed by atoms with Gasteiger partial charge in [-0.2, -0.15) is 0 Å². The molecule has 0 aliphatic carbocycles. The van der Waals surface area contributed by atoms with Gasteiger partial charge in [0.05, 0.1) is 0 Å². The van der Waals surface area contributed by atoms with E-state index in [0.29, 0.717) is 6.42 Å². The zero-order chi connectivity index (χ0) is 14.8. The molecule has 1 aromatic heterocycles. The van der Waals surface area contributed by atoms with E-state index >= 15 is 0 Å². The average molecular weight is 279 g/mol. The third kappa shape index (κ3) is 6.36. The van der Waals surface area contributed by atoms with Crippen LogP contribution >= 0.6 is 0 Å². The van der Waals surface area contributed by atoms with Gasteiger partial charge in [0.25, 0.3) is 0 Å². The zero-order valence-electron chi connectivity index (χ0n) is 12.4. The molecule has 0 bridgehead atoms. The Morgan fingerprint density at radius 2 is 1.80 bits per heavy atom. The van der Waals surface area contributed by atoms with Gasteiger partial charge in [0.1, 0.15) is 17.5 Å². The van der Waals surface area contributed by atoms with Crippen LogP contribution < -0.4 is 16.4 Å². The first-order chi connectivity index (χ1) is 9.65. The third-order valence-electron chi connectivity index (χ3n) is 2.80. The summed E-state index contributed by atoms with van der Waals surface area (Å²) in [6.07, 6.45) is 4.00. The van der Waals surface area contributed by atoms with E-state index in [1.165, 1.54) is 0 Å². The van der Waals surface area contributed by atoms with E-state index in [4.69, 9.17) is 5.73 Å². The summed E-state index contributed by atoms with van der Waals surface area (Å²) in [4.78, 5) is 19.5. The van der Waals surface area contributed by atoms with E-state index < -0.39 is 0 Å². The third-order valence-corrected chi connectivity index (χ3v) is 2.80. The van der Waals surface area contributed by atoms with Gasteiger partial charge in [0.15, 0.2) is 0 Å². The molecule has 6 nitrogen and oxygen atoms in total. The number of unbranched alkanes of at least 4 members (excludes halogenated alkanes) is 1. The van der Waals surface area contributed by atoms with Crippen molar-refractivity contribution >= 4 is 17.5 Å². The van der Waals surface area contributed by atoms with Crippen LogP contribution in [0.5, 0.6) is 0 Å². The van der Waals surface area contributed by atoms with Gasteiger partial charge < -0.3 is 16.4 Å². The number of nitrogens with two attached hydrogens (primary N) is 1. The van der Waals surface area contributed by atoms with Gasteiger partial charge in [-0.25, -0.2) is 9.97 Å². The van der Waals surface area contributed by atoms with Crippen LogP contribution in [0.15, 0.2) is 6.07 Å². The molecule has 0 radical (unpaired) electrons. The molecular formula is C14H25N5O. The normalized spacial score (nSPS) is 10.3. The molecule has 1 aromatic rings. The lowest BCUT2D eigenvalue weighted by atomic mass is 10.2. The number of aromatic nitrogens is 2. The first kappa shape index (κ1) is 16.2. The summed E-state index contributed by atoms with van der Waals surface area (Å²) in [5.74, 6) is 2.27. The number of carbonyl (C=O) groups is 1. The van der Waals surface area contributed by atoms with Crippen molar-refractivity contribution in [2.24, 2.45) is 5.73 Å². The fourth-order valence-corrected chi connectivity index (χ4v) is 1.73. The Morgan fingerprint density at radius 1 is 1.15 bits per heavy atom. The molecule has 1 rings (SSSR count). The Bertz CT molecular complexity index is 422. The molecular weight excluding hydrogens is 254 g/mol. The summed E-state index contributed by atoms with van der Waals surface area (Å²) in [6.45, 7) is 5.83. The molecule has 6 heteroatoms. The first-order valence-electron chi connectivity index (χ1n) is 7.29. The summed E-state index contributed by atoms with van der Waals surface area (Å²) in [7, 11) is 0. The molecule has 0 unspecified atom stereocenters. The summed E-state index contributed by atoms with van der Waals surface area (Å²) < 4.78 is 0. The number of amides is 1. The first-order valence-corrected chi connectivity index (χ1v) is 7.29. The maximum absolute atomic E-state index is 10.6. The minimum absolute atomic E-state index is 0.244. The summed E-state index contributed by atoms with van der Waals surface area (Å²) in [5.41, 5.74) is 5.10. The fraction of sp³-hybridized carbons (Fsp3) is 0.643. The molecule has 112 valence electrons. The average Bonchev–Trinajstić information content (AvgIpc) is 2.44. The molecule has 1 heterocycles. The second-order valence-corrected chi connectivity index (χ2v) is 4.69. The highest BCUT2D eigenvalue weighted by Crippen LogP contribution is 2.12. The van der Waals surface area contributed by atoms with E-state index in [0.717, 1.165) is 56.2 Å². The highest BCUT2D eigenvalue weighted by Gasteiger charge is 2.03. The molecule has 0 spiro atoms. The highest BCUT2D eigenvalue weighted by molar-refractivity contribution is 5.73. The van der Waals surface area contributed by atoms with Crippen molar-refractivity contribution in [2.45, 2.75) is 46.0 Å². The van der Waals surface area contributed by atoms with E-state index in [2.05, 4.69) is 27.5 Å². The number of carbonyl (C=O) groups excluding carboxylic acids is 1. The van der Waals surface area contributed by atoms with E-state index in [1.807, 2.05) is 13.0 Å². The van der Waals surface area contributed by atoms with Crippen LogP contribution in [0.3, 0.4) is 0 Å². The Hall–Kier alpha value is -1.85. The molecule has 0 fully saturated rings. The largest absolute Gasteiger partial charge is 0.370 e. The number of hydrogen-bond acceptors (Lipinski definition) is 5. The number of hydrogen-bond donors (Lipinski definition) is 3. The number of anilines is 2. The Balaban J connectivity index is 2.48. The summed E-state index contributed by atoms with van der Waals surface area (Å²) in [5, 5.41) is 6.54. The van der Waals surface area contributed by atoms with Gasteiger partial charge in [-0.1, -0.05) is 13.8 Å². The van der Waals surface area contributed by atoms with Crippen LogP contribution in [-0.4, -0.2) is 29.0 Å². The number of primary amides is 1. The predicted octanol–water partition coefficient (Wildman–Crippen LogP) is 1.93. The number of aryl methyl sites for hydroxylation is 1. The zero-order valence-corrected chi connectivity index (χ0v) is 12.4. The lowest BCUT2D eigenvalue weighted by molar-refractivity contribution is -0.118. The predicted molar refractivity (Wildman–Crippen MR) is 81.7 cm³/mol. The molecule has 0 aliphatic heterocycles. The second-order valence-electron chi connectivity index (χ2n) is 4.69. The van der Waals surface area contributed by atoms with Crippen molar-refractivity contribution in [3.05, 3.63) is 11.9 Å². The Kier molecular flexibility index (Phi) is 7.39. The van der Waals surface area contributed by atoms with E-state index in [1.54, 1.807) is 0 Å². The van der Waals surface area contributed by atoms with Crippen molar-refractivity contribution in [1.29, 1.82) is 0 Å². The Labute approximate surface area is 120 Å². The minimum atomic E-state index is -0.244. The molecule has 0 saturated carbocycles. The quantitative estimate of drug-likeness (QED) is 0.569. The molecule has 0 aromatic carbocycles. The molecule has 1 amide bonds. The highest BCUT2D eigenvalue weighted by atomic mass is 16.1. The summed E-state index contributed by atoms with van der Waals surface area (Å²) in [6, 6.07) is 1.92. The standard InChI is InChI=1S/C14H25N5O/c1-3-8-16-13-10-14(19-12(4-2)18-13)17-9-6-5-7-11(15)20/h10H,3-9H2,1-2H3,(H2,15,20)(H2,16,17,18,19). The van der Waals surface area contributed by atoms with Gasteiger partial charge in [0.2, 0.25) is 5.91 Å². The lowest BCUT2D eigenvalue weighted by Gasteiger charge is -2.10. The van der Waals surface area contributed by atoms with Crippen LogP contribution in [0, 0.1) is 0 Å². The number of nitrogens with zero attached hydrogens (tertiary/aromatic N) is 2. The van der Waals surface area contributed by atoms with Crippen LogP contribution in [0.2, 0.25) is 0 Å². The molecule has 0 saturated heterocycles. The van der Waals surface area contributed by atoms with Gasteiger partial charge >= 0.3 is 0 Å². The van der Waals surface area contributed by atoms with Gasteiger partial charge in [-0.05, 0) is 19.3 Å². The SMILES string of the molecule is CCCNc1cc(NCCCCC(N)=O)nc(CC)n1. The van der Waals surface area contributed by atoms with Gasteiger partial charge in [-0.3, -0.25) is 4.79 Å². The van der Waals surface area contributed by atoms with Crippen molar-refractivity contribution in [3.8, 4) is 0 Å². The maximum atomic E-state index is 10.6. The van der Waals surface area contributed by atoms with E-state index in [9.17, 15) is 4.79 Å². The maximum Gasteiger partial charge on any atom is 0.217 e. The van der Waals surface area contributed by atoms with Gasteiger partial charge in [-0.15, -0.1) is 0 Å². The van der Waals surface area contributed by atoms with Crippen LogP contribution in [-0.2, 0) is 11.2 Å². The van der Waals surface area contributed by atoms with Crippen LogP contribution in [0.4, 0.5) is 11.6 Å². The van der Waals surface area contributed by atoms with Crippen molar-refractivity contribution < 1.29 is 4.79 Å². The molecule has 4 N–H and O–H groups in total. The van der Waals surface area contributed by atoms with E-state index in [-0.39, 0.29) is 5.91 Å². The topological polar surface area (TPSA) is 92.9 Å². The van der Waals surface area contributed by atoms with Crippen molar-refractivity contribution in [3.63, 3.8) is 0 Å². The monoisotopic (exact) mass is 279 g/mol. The van der Waals surface area contributed by atoms with Crippen molar-refractivity contribution in [1.82, 2.24) is 9.97 Å². The molecule has 0 atom stereocenters. The number of nitrogens with one attached hydrogen (secondary N) is 2. The second kappa shape index (κ2) is 9.12. The Morgan fingerprint density at radius 3 is 2.35 bits per heavy atom. The van der Waals surface area contributed by atoms with Gasteiger partial charge in [0, 0.05) is 32.0 Å². The smallest absolute Gasteiger partial charge is 0.217 e. The fourth-order valence-electron chi connectivity index (χ4n) is 1.73. The summed E-state index contributed by atoms with van der Waals surface area (Å²) >= 11 is 0. The van der Waals surface area contributed by atoms with Crippen LogP contribution in [0.1, 0.15) is 45.4 Å². The molecule has 0 aliphatic rings. The molecule has 20 heavy (non-hydrogen) atoms. The number of rotatable bonds is 10. The van der Waals surface area contributed by atoms with Crippen molar-refractivity contribution in [2.75, 3.05) is 23.7 Å². The lowest BCUT2D eigenvalue weighted by Crippen LogP contribution is -2.12. The van der Waals surface area contributed by atoms with Crippen LogP contribution in [0.25, 0.3) is 0 Å². The minimum Gasteiger partial charge on any atom is -0.370 e.